The van der Waals surface area contributed by atoms with Crippen LogP contribution < -0.4 is 5.32 Å². The van der Waals surface area contributed by atoms with Gasteiger partial charge in [-0.3, -0.25) is 4.79 Å². The van der Waals surface area contributed by atoms with Crippen LogP contribution in [-0.4, -0.2) is 35.9 Å². The highest BCUT2D eigenvalue weighted by molar-refractivity contribution is 5.70. The first-order valence-corrected chi connectivity index (χ1v) is 6.90. The Hall–Kier alpha value is -0.610. The lowest BCUT2D eigenvalue weighted by molar-refractivity contribution is -0.154. The standard InChI is InChI=1S/C14H29NO3/c1-6-11(7-2)12(16)10-15-9-8-13(17)18-14(3,4)5/h11-12,15-16H,6-10H2,1-5H3. The summed E-state index contributed by atoms with van der Waals surface area (Å²) in [6.45, 7) is 10.8. The SMILES string of the molecule is CCC(CC)C(O)CNCCC(=O)OC(C)(C)C. The molecule has 108 valence electrons. The van der Waals surface area contributed by atoms with Crippen molar-refractivity contribution in [1.82, 2.24) is 5.32 Å². The average Bonchev–Trinajstić information content (AvgIpc) is 2.23. The van der Waals surface area contributed by atoms with Crippen molar-refractivity contribution in [2.45, 2.75) is 65.6 Å². The number of ether oxygens (including phenoxy) is 1. The van der Waals surface area contributed by atoms with Gasteiger partial charge in [0, 0.05) is 13.1 Å². The number of hydrogen-bond acceptors (Lipinski definition) is 4. The van der Waals surface area contributed by atoms with Gasteiger partial charge >= 0.3 is 5.97 Å². The van der Waals surface area contributed by atoms with Crippen LogP contribution in [0, 0.1) is 5.92 Å². The Morgan fingerprint density at radius 3 is 2.28 bits per heavy atom. The fraction of sp³-hybridized carbons (Fsp3) is 0.929. The minimum Gasteiger partial charge on any atom is -0.460 e. The maximum Gasteiger partial charge on any atom is 0.307 e. The van der Waals surface area contributed by atoms with Crippen molar-refractivity contribution >= 4 is 5.97 Å². The van der Waals surface area contributed by atoms with E-state index in [1.165, 1.54) is 0 Å². The van der Waals surface area contributed by atoms with Crippen molar-refractivity contribution in [1.29, 1.82) is 0 Å². The summed E-state index contributed by atoms with van der Waals surface area (Å²) in [6, 6.07) is 0. The zero-order valence-electron chi connectivity index (χ0n) is 12.5. The molecule has 0 aromatic rings. The van der Waals surface area contributed by atoms with Gasteiger partial charge in [-0.2, -0.15) is 0 Å². The maximum absolute atomic E-state index is 11.4. The first kappa shape index (κ1) is 17.4. The summed E-state index contributed by atoms with van der Waals surface area (Å²) in [6.07, 6.45) is 1.96. The second kappa shape index (κ2) is 8.48. The summed E-state index contributed by atoms with van der Waals surface area (Å²) in [5.41, 5.74) is -0.424. The van der Waals surface area contributed by atoms with E-state index < -0.39 is 5.60 Å². The predicted octanol–water partition coefficient (Wildman–Crippen LogP) is 2.10. The molecule has 0 spiro atoms. The van der Waals surface area contributed by atoms with Crippen LogP contribution in [0.2, 0.25) is 0 Å². The van der Waals surface area contributed by atoms with Gasteiger partial charge in [0.15, 0.2) is 0 Å². The zero-order chi connectivity index (χ0) is 14.2. The minimum absolute atomic E-state index is 0.202. The van der Waals surface area contributed by atoms with Crippen molar-refractivity contribution < 1.29 is 14.6 Å². The second-order valence-electron chi connectivity index (χ2n) is 5.68. The molecule has 18 heavy (non-hydrogen) atoms. The number of rotatable bonds is 8. The van der Waals surface area contributed by atoms with Crippen molar-refractivity contribution in [2.75, 3.05) is 13.1 Å². The molecule has 1 atom stereocenters. The van der Waals surface area contributed by atoms with Crippen molar-refractivity contribution in [2.24, 2.45) is 5.92 Å². The lowest BCUT2D eigenvalue weighted by Crippen LogP contribution is -2.34. The number of hydrogen-bond donors (Lipinski definition) is 2. The molecule has 4 nitrogen and oxygen atoms in total. The summed E-state index contributed by atoms with van der Waals surface area (Å²) in [4.78, 5) is 11.4. The number of carbonyl (C=O) groups is 1. The lowest BCUT2D eigenvalue weighted by Gasteiger charge is -2.21. The summed E-state index contributed by atoms with van der Waals surface area (Å²) in [5, 5.41) is 13.0. The number of esters is 1. The molecule has 0 heterocycles. The third-order valence-corrected chi connectivity index (χ3v) is 2.87. The van der Waals surface area contributed by atoms with Gasteiger partial charge in [0.05, 0.1) is 12.5 Å². The van der Waals surface area contributed by atoms with Gasteiger partial charge in [-0.05, 0) is 26.7 Å². The first-order chi connectivity index (χ1) is 8.30. The van der Waals surface area contributed by atoms with E-state index in [1.807, 2.05) is 20.8 Å². The van der Waals surface area contributed by atoms with Crippen LogP contribution in [0.4, 0.5) is 0 Å². The van der Waals surface area contributed by atoms with Gasteiger partial charge in [-0.25, -0.2) is 0 Å². The van der Waals surface area contributed by atoms with E-state index in [0.29, 0.717) is 25.4 Å². The molecule has 0 aliphatic carbocycles. The summed E-state index contributed by atoms with van der Waals surface area (Å²) in [7, 11) is 0. The van der Waals surface area contributed by atoms with Crippen LogP contribution in [-0.2, 0) is 9.53 Å². The number of carbonyl (C=O) groups excluding carboxylic acids is 1. The van der Waals surface area contributed by atoms with Crippen LogP contribution in [0.1, 0.15) is 53.9 Å². The Morgan fingerprint density at radius 2 is 1.83 bits per heavy atom. The Balaban J connectivity index is 3.70. The van der Waals surface area contributed by atoms with Crippen LogP contribution in [0.3, 0.4) is 0 Å². The molecule has 0 aliphatic heterocycles. The van der Waals surface area contributed by atoms with Gasteiger partial charge < -0.3 is 15.2 Å². The maximum atomic E-state index is 11.4. The van der Waals surface area contributed by atoms with Gasteiger partial charge in [-0.15, -0.1) is 0 Å². The second-order valence-corrected chi connectivity index (χ2v) is 5.68. The van der Waals surface area contributed by atoms with E-state index in [1.54, 1.807) is 0 Å². The van der Waals surface area contributed by atoms with Crippen LogP contribution >= 0.6 is 0 Å². The van der Waals surface area contributed by atoms with Crippen LogP contribution in [0.15, 0.2) is 0 Å². The fourth-order valence-electron chi connectivity index (χ4n) is 1.83. The van der Waals surface area contributed by atoms with E-state index in [0.717, 1.165) is 12.8 Å². The molecule has 0 aromatic heterocycles. The summed E-state index contributed by atoms with van der Waals surface area (Å²) < 4.78 is 5.19. The third kappa shape index (κ3) is 8.48. The third-order valence-electron chi connectivity index (χ3n) is 2.87. The van der Waals surface area contributed by atoms with Crippen molar-refractivity contribution in [3.63, 3.8) is 0 Å². The van der Waals surface area contributed by atoms with Gasteiger partial charge in [0.1, 0.15) is 5.60 Å². The van der Waals surface area contributed by atoms with E-state index in [9.17, 15) is 9.90 Å². The Kier molecular flexibility index (Phi) is 8.20. The topological polar surface area (TPSA) is 58.6 Å². The van der Waals surface area contributed by atoms with E-state index in [4.69, 9.17) is 4.74 Å². The number of aliphatic hydroxyl groups is 1. The van der Waals surface area contributed by atoms with Crippen molar-refractivity contribution in [3.8, 4) is 0 Å². The largest absolute Gasteiger partial charge is 0.460 e. The van der Waals surface area contributed by atoms with E-state index in [-0.39, 0.29) is 12.1 Å². The highest BCUT2D eigenvalue weighted by Crippen LogP contribution is 2.12. The van der Waals surface area contributed by atoms with Gasteiger partial charge in [0.2, 0.25) is 0 Å². The molecule has 0 saturated heterocycles. The fourth-order valence-corrected chi connectivity index (χ4v) is 1.83. The number of aliphatic hydroxyl groups excluding tert-OH is 1. The van der Waals surface area contributed by atoms with Gasteiger partial charge in [-0.1, -0.05) is 26.7 Å². The molecular formula is C14H29NO3. The Bertz CT molecular complexity index is 232. The Labute approximate surface area is 111 Å². The number of nitrogens with one attached hydrogen (secondary N) is 1. The van der Waals surface area contributed by atoms with Crippen molar-refractivity contribution in [3.05, 3.63) is 0 Å². The van der Waals surface area contributed by atoms with Crippen LogP contribution in [0.5, 0.6) is 0 Å². The zero-order valence-corrected chi connectivity index (χ0v) is 12.5. The molecule has 0 aliphatic rings. The first-order valence-electron chi connectivity index (χ1n) is 6.90. The summed E-state index contributed by atoms with van der Waals surface area (Å²) >= 11 is 0. The minimum atomic E-state index is -0.424. The molecule has 0 bridgehead atoms. The molecule has 0 saturated carbocycles. The Morgan fingerprint density at radius 1 is 1.28 bits per heavy atom. The highest BCUT2D eigenvalue weighted by Gasteiger charge is 2.17. The van der Waals surface area contributed by atoms with E-state index >= 15 is 0 Å². The molecular weight excluding hydrogens is 230 g/mol. The predicted molar refractivity (Wildman–Crippen MR) is 73.4 cm³/mol. The molecule has 0 radical (unpaired) electrons. The molecule has 0 fully saturated rings. The molecule has 4 heteroatoms. The van der Waals surface area contributed by atoms with Gasteiger partial charge in [0.25, 0.3) is 0 Å². The molecule has 2 N–H and O–H groups in total. The van der Waals surface area contributed by atoms with E-state index in [2.05, 4.69) is 19.2 Å². The lowest BCUT2D eigenvalue weighted by atomic mass is 9.96. The molecule has 1 unspecified atom stereocenters. The molecule has 0 aromatic carbocycles. The van der Waals surface area contributed by atoms with Crippen LogP contribution in [0.25, 0.3) is 0 Å². The molecule has 0 rings (SSSR count). The normalized spacial score (nSPS) is 13.7. The smallest absolute Gasteiger partial charge is 0.307 e. The summed E-state index contributed by atoms with van der Waals surface area (Å²) in [5.74, 6) is 0.131. The molecule has 0 amide bonds. The quantitative estimate of drug-likeness (QED) is 0.518. The average molecular weight is 259 g/mol. The monoisotopic (exact) mass is 259 g/mol. The highest BCUT2D eigenvalue weighted by atomic mass is 16.6.